The summed E-state index contributed by atoms with van der Waals surface area (Å²) in [6.07, 6.45) is 0. The summed E-state index contributed by atoms with van der Waals surface area (Å²) in [6.45, 7) is 2.04. The number of nitro benzene ring substituents is 1. The first-order chi connectivity index (χ1) is 10.0. The fraction of sp³-hybridized carbons (Fsp3) is 0.200. The Bertz CT molecular complexity index is 664. The van der Waals surface area contributed by atoms with Gasteiger partial charge in [-0.25, -0.2) is 0 Å². The summed E-state index contributed by atoms with van der Waals surface area (Å²) >= 11 is 7.60. The van der Waals surface area contributed by atoms with Gasteiger partial charge in [0.2, 0.25) is 0 Å². The van der Waals surface area contributed by atoms with E-state index in [9.17, 15) is 10.1 Å². The molecule has 0 fully saturated rings. The number of hydrogen-bond donors (Lipinski definition) is 1. The summed E-state index contributed by atoms with van der Waals surface area (Å²) in [4.78, 5) is 12.0. The molecule has 0 aliphatic carbocycles. The van der Waals surface area contributed by atoms with E-state index in [0.717, 1.165) is 10.5 Å². The molecule has 110 valence electrons. The molecule has 2 rings (SSSR count). The number of hydrogen-bond acceptors (Lipinski definition) is 4. The van der Waals surface area contributed by atoms with Gasteiger partial charge in [-0.2, -0.15) is 0 Å². The summed E-state index contributed by atoms with van der Waals surface area (Å²) in [5.41, 5.74) is 1.17. The summed E-state index contributed by atoms with van der Waals surface area (Å²) in [5.74, 6) is 0. The third kappa shape index (κ3) is 3.75. The molecule has 0 spiro atoms. The van der Waals surface area contributed by atoms with Crippen LogP contribution in [-0.4, -0.2) is 12.0 Å². The Hall–Kier alpha value is -1.56. The molecule has 1 N–H and O–H groups in total. The van der Waals surface area contributed by atoms with Crippen LogP contribution in [0, 0.1) is 10.1 Å². The van der Waals surface area contributed by atoms with Crippen molar-refractivity contribution in [1.29, 1.82) is 0 Å². The van der Waals surface area contributed by atoms with Gasteiger partial charge in [0.25, 0.3) is 5.69 Å². The predicted molar refractivity (Wildman–Crippen MR) is 86.1 cm³/mol. The lowest BCUT2D eigenvalue weighted by Crippen LogP contribution is -2.12. The quantitative estimate of drug-likeness (QED) is 0.641. The summed E-state index contributed by atoms with van der Waals surface area (Å²) in [6, 6.07) is 12.6. The van der Waals surface area contributed by atoms with Crippen molar-refractivity contribution < 1.29 is 4.92 Å². The minimum Gasteiger partial charge on any atom is -0.313 e. The summed E-state index contributed by atoms with van der Waals surface area (Å²) in [7, 11) is 1.88. The predicted octanol–water partition coefficient (Wildman–Crippen LogP) is 4.68. The Kier molecular flexibility index (Phi) is 5.22. The molecular formula is C15H15ClN2O2S. The molecule has 1 atom stereocenters. The number of nitro groups is 1. The van der Waals surface area contributed by atoms with E-state index in [1.807, 2.05) is 32.2 Å². The molecule has 0 saturated heterocycles. The summed E-state index contributed by atoms with van der Waals surface area (Å²) in [5, 5.41) is 14.8. The van der Waals surface area contributed by atoms with Crippen LogP contribution in [0.15, 0.2) is 52.3 Å². The van der Waals surface area contributed by atoms with Gasteiger partial charge in [-0.1, -0.05) is 41.6 Å². The maximum absolute atomic E-state index is 11.0. The first-order valence-electron chi connectivity index (χ1n) is 6.41. The van der Waals surface area contributed by atoms with Crippen molar-refractivity contribution in [2.24, 2.45) is 0 Å². The average molecular weight is 323 g/mol. The molecule has 21 heavy (non-hydrogen) atoms. The molecule has 1 unspecified atom stereocenters. The molecule has 0 saturated carbocycles. The maximum atomic E-state index is 11.0. The molecule has 0 amide bonds. The van der Waals surface area contributed by atoms with Gasteiger partial charge in [-0.3, -0.25) is 10.1 Å². The fourth-order valence-electron chi connectivity index (χ4n) is 1.85. The van der Waals surface area contributed by atoms with Gasteiger partial charge < -0.3 is 5.32 Å². The van der Waals surface area contributed by atoms with E-state index >= 15 is 0 Å². The van der Waals surface area contributed by atoms with Gasteiger partial charge in [-0.15, -0.1) is 0 Å². The average Bonchev–Trinajstić information content (AvgIpc) is 2.48. The molecule has 2 aromatic carbocycles. The number of benzene rings is 2. The Morgan fingerprint density at radius 3 is 2.57 bits per heavy atom. The van der Waals surface area contributed by atoms with Crippen molar-refractivity contribution in [2.45, 2.75) is 22.8 Å². The summed E-state index contributed by atoms with van der Waals surface area (Å²) < 4.78 is 0. The smallest absolute Gasteiger partial charge is 0.283 e. The molecule has 0 aliphatic rings. The molecule has 0 bridgehead atoms. The zero-order chi connectivity index (χ0) is 15.4. The lowest BCUT2D eigenvalue weighted by Gasteiger charge is -2.12. The zero-order valence-corrected chi connectivity index (χ0v) is 13.2. The van der Waals surface area contributed by atoms with Crippen molar-refractivity contribution >= 4 is 29.1 Å². The third-order valence-corrected chi connectivity index (χ3v) is 4.74. The van der Waals surface area contributed by atoms with Gasteiger partial charge in [0.1, 0.15) is 0 Å². The Morgan fingerprint density at radius 2 is 1.95 bits per heavy atom. The lowest BCUT2D eigenvalue weighted by molar-refractivity contribution is -0.387. The highest BCUT2D eigenvalue weighted by molar-refractivity contribution is 7.99. The second-order valence-electron chi connectivity index (χ2n) is 4.53. The Labute approximate surface area is 132 Å². The van der Waals surface area contributed by atoms with Crippen LogP contribution >= 0.6 is 23.4 Å². The Balaban J connectivity index is 2.31. The van der Waals surface area contributed by atoms with Crippen LogP contribution < -0.4 is 5.32 Å². The van der Waals surface area contributed by atoms with Crippen LogP contribution in [0.25, 0.3) is 0 Å². The van der Waals surface area contributed by atoms with Gasteiger partial charge in [0, 0.05) is 17.0 Å². The number of rotatable bonds is 5. The van der Waals surface area contributed by atoms with E-state index in [2.05, 4.69) is 5.32 Å². The van der Waals surface area contributed by atoms with Crippen LogP contribution in [0.3, 0.4) is 0 Å². The van der Waals surface area contributed by atoms with Crippen molar-refractivity contribution in [3.8, 4) is 0 Å². The van der Waals surface area contributed by atoms with E-state index in [4.69, 9.17) is 11.6 Å². The standard InChI is InChI=1S/C15H15ClN2O2S/c1-10(17-2)11-7-8-14(12(16)9-11)21-15-6-4-3-5-13(15)18(19)20/h3-10,17H,1-2H3. The minimum absolute atomic E-state index is 0.0891. The van der Waals surface area contributed by atoms with E-state index < -0.39 is 0 Å². The van der Waals surface area contributed by atoms with Crippen LogP contribution in [0.4, 0.5) is 5.69 Å². The van der Waals surface area contributed by atoms with Crippen LogP contribution in [0.5, 0.6) is 0 Å². The monoisotopic (exact) mass is 322 g/mol. The molecule has 0 aliphatic heterocycles. The Morgan fingerprint density at radius 1 is 1.24 bits per heavy atom. The maximum Gasteiger partial charge on any atom is 0.283 e. The van der Waals surface area contributed by atoms with Crippen LogP contribution in [0.1, 0.15) is 18.5 Å². The molecule has 6 heteroatoms. The highest BCUT2D eigenvalue weighted by Gasteiger charge is 2.15. The first kappa shape index (κ1) is 15.8. The highest BCUT2D eigenvalue weighted by atomic mass is 35.5. The van der Waals surface area contributed by atoms with Gasteiger partial charge in [-0.05, 0) is 37.7 Å². The van der Waals surface area contributed by atoms with E-state index in [1.54, 1.807) is 18.2 Å². The van der Waals surface area contributed by atoms with Crippen molar-refractivity contribution in [3.63, 3.8) is 0 Å². The lowest BCUT2D eigenvalue weighted by atomic mass is 10.1. The van der Waals surface area contributed by atoms with Crippen molar-refractivity contribution in [3.05, 3.63) is 63.2 Å². The van der Waals surface area contributed by atoms with E-state index in [-0.39, 0.29) is 16.7 Å². The minimum atomic E-state index is -0.381. The molecular weight excluding hydrogens is 308 g/mol. The second kappa shape index (κ2) is 6.93. The topological polar surface area (TPSA) is 55.2 Å². The zero-order valence-electron chi connectivity index (χ0n) is 11.7. The van der Waals surface area contributed by atoms with Gasteiger partial charge in [0.05, 0.1) is 14.8 Å². The fourth-order valence-corrected chi connectivity index (χ4v) is 3.08. The van der Waals surface area contributed by atoms with Gasteiger partial charge >= 0.3 is 0 Å². The molecule has 0 radical (unpaired) electrons. The number of halogens is 1. The SMILES string of the molecule is CNC(C)c1ccc(Sc2ccccc2[N+](=O)[O-])c(Cl)c1. The molecule has 2 aromatic rings. The molecule has 0 heterocycles. The van der Waals surface area contributed by atoms with Crippen LogP contribution in [0.2, 0.25) is 5.02 Å². The number of nitrogens with one attached hydrogen (secondary N) is 1. The first-order valence-corrected chi connectivity index (χ1v) is 7.60. The highest BCUT2D eigenvalue weighted by Crippen LogP contribution is 2.38. The van der Waals surface area contributed by atoms with Crippen LogP contribution in [-0.2, 0) is 0 Å². The van der Waals surface area contributed by atoms with E-state index in [1.165, 1.54) is 17.8 Å². The number of nitrogens with zero attached hydrogens (tertiary/aromatic N) is 1. The second-order valence-corrected chi connectivity index (χ2v) is 6.02. The van der Waals surface area contributed by atoms with Crippen molar-refractivity contribution in [1.82, 2.24) is 5.32 Å². The van der Waals surface area contributed by atoms with Gasteiger partial charge in [0.15, 0.2) is 0 Å². The molecule has 4 nitrogen and oxygen atoms in total. The largest absolute Gasteiger partial charge is 0.313 e. The van der Waals surface area contributed by atoms with E-state index in [0.29, 0.717) is 9.92 Å². The number of para-hydroxylation sites is 1. The molecule has 0 aromatic heterocycles. The third-order valence-electron chi connectivity index (χ3n) is 3.17. The van der Waals surface area contributed by atoms with Crippen molar-refractivity contribution in [2.75, 3.05) is 7.05 Å². The normalized spacial score (nSPS) is 12.1.